The molecule has 0 amide bonds. The summed E-state index contributed by atoms with van der Waals surface area (Å²) >= 11 is 0. The van der Waals surface area contributed by atoms with Crippen LogP contribution in [0.15, 0.2) is 36.7 Å². The van der Waals surface area contributed by atoms with Gasteiger partial charge >= 0.3 is 0 Å². The number of rotatable bonds is 4. The van der Waals surface area contributed by atoms with Crippen LogP contribution in [0.1, 0.15) is 24.0 Å². The summed E-state index contributed by atoms with van der Waals surface area (Å²) in [7, 11) is 0. The van der Waals surface area contributed by atoms with Crippen molar-refractivity contribution < 1.29 is 4.39 Å². The van der Waals surface area contributed by atoms with E-state index in [-0.39, 0.29) is 5.82 Å². The van der Waals surface area contributed by atoms with E-state index in [0.717, 1.165) is 31.5 Å². The summed E-state index contributed by atoms with van der Waals surface area (Å²) in [5.74, 6) is -0.357. The molecule has 1 atom stereocenters. The Bertz CT molecular complexity index is 645. The molecule has 3 rings (SSSR count). The standard InChI is InChI=1S/C16H17FN4/c17-15-5-4-13(14(9-15)10-18)11-20-7-1-3-16(20)12-21-8-2-6-19-21/h2,4-6,8-9,16H,1,3,7,11-12H2/t16-/m1/s1. The van der Waals surface area contributed by atoms with E-state index in [2.05, 4.69) is 16.1 Å². The van der Waals surface area contributed by atoms with E-state index in [1.807, 2.05) is 16.9 Å². The van der Waals surface area contributed by atoms with E-state index >= 15 is 0 Å². The molecule has 1 aliphatic heterocycles. The van der Waals surface area contributed by atoms with Crippen molar-refractivity contribution in [2.75, 3.05) is 6.54 Å². The zero-order valence-corrected chi connectivity index (χ0v) is 11.7. The fourth-order valence-corrected chi connectivity index (χ4v) is 2.94. The lowest BCUT2D eigenvalue weighted by atomic mass is 10.1. The fraction of sp³-hybridized carbons (Fsp3) is 0.375. The normalized spacial score (nSPS) is 18.8. The van der Waals surface area contributed by atoms with Gasteiger partial charge in [0, 0.05) is 25.0 Å². The van der Waals surface area contributed by atoms with Gasteiger partial charge in [-0.25, -0.2) is 4.39 Å². The van der Waals surface area contributed by atoms with Crippen molar-refractivity contribution in [2.24, 2.45) is 0 Å². The van der Waals surface area contributed by atoms with Gasteiger partial charge in [-0.05, 0) is 43.1 Å². The van der Waals surface area contributed by atoms with E-state index in [1.54, 1.807) is 12.3 Å². The summed E-state index contributed by atoms with van der Waals surface area (Å²) in [6.07, 6.45) is 6.03. The highest BCUT2D eigenvalue weighted by Gasteiger charge is 2.25. The summed E-state index contributed by atoms with van der Waals surface area (Å²) in [4.78, 5) is 2.36. The van der Waals surface area contributed by atoms with E-state index in [9.17, 15) is 4.39 Å². The summed E-state index contributed by atoms with van der Waals surface area (Å²) < 4.78 is 15.1. The van der Waals surface area contributed by atoms with Crippen LogP contribution < -0.4 is 0 Å². The smallest absolute Gasteiger partial charge is 0.124 e. The third-order valence-corrected chi connectivity index (χ3v) is 4.02. The Morgan fingerprint density at radius 2 is 2.33 bits per heavy atom. The first kappa shape index (κ1) is 13.8. The van der Waals surface area contributed by atoms with Crippen LogP contribution in [-0.2, 0) is 13.1 Å². The number of benzene rings is 1. The Labute approximate surface area is 123 Å². The minimum atomic E-state index is -0.357. The fourth-order valence-electron chi connectivity index (χ4n) is 2.94. The second-order valence-corrected chi connectivity index (χ2v) is 5.41. The van der Waals surface area contributed by atoms with Gasteiger partial charge in [0.25, 0.3) is 0 Å². The van der Waals surface area contributed by atoms with Crippen LogP contribution in [0, 0.1) is 17.1 Å². The third-order valence-electron chi connectivity index (χ3n) is 4.02. The first-order valence-electron chi connectivity index (χ1n) is 7.16. The average Bonchev–Trinajstić information content (AvgIpc) is 3.14. The maximum absolute atomic E-state index is 13.2. The summed E-state index contributed by atoms with van der Waals surface area (Å²) in [5.41, 5.74) is 1.33. The number of nitriles is 1. The maximum atomic E-state index is 13.2. The molecule has 1 fully saturated rings. The van der Waals surface area contributed by atoms with Gasteiger partial charge in [-0.3, -0.25) is 9.58 Å². The number of halogens is 1. The topological polar surface area (TPSA) is 44.9 Å². The molecule has 21 heavy (non-hydrogen) atoms. The lowest BCUT2D eigenvalue weighted by Crippen LogP contribution is -2.32. The molecule has 2 aromatic rings. The van der Waals surface area contributed by atoms with Crippen molar-refractivity contribution in [3.8, 4) is 6.07 Å². The molecular formula is C16H17FN4. The second-order valence-electron chi connectivity index (χ2n) is 5.41. The highest BCUT2D eigenvalue weighted by Crippen LogP contribution is 2.23. The molecular weight excluding hydrogens is 267 g/mol. The number of nitrogens with zero attached hydrogens (tertiary/aromatic N) is 4. The zero-order chi connectivity index (χ0) is 14.7. The lowest BCUT2D eigenvalue weighted by Gasteiger charge is -2.24. The molecule has 108 valence electrons. The van der Waals surface area contributed by atoms with Crippen LogP contribution in [0.4, 0.5) is 4.39 Å². The van der Waals surface area contributed by atoms with Gasteiger partial charge in [0.1, 0.15) is 5.82 Å². The highest BCUT2D eigenvalue weighted by atomic mass is 19.1. The summed E-state index contributed by atoms with van der Waals surface area (Å²) in [5, 5.41) is 13.4. The van der Waals surface area contributed by atoms with Gasteiger partial charge in [-0.2, -0.15) is 10.4 Å². The SMILES string of the molecule is N#Cc1cc(F)ccc1CN1CCC[C@@H]1Cn1cccn1. The molecule has 2 heterocycles. The minimum Gasteiger partial charge on any atom is -0.294 e. The van der Waals surface area contributed by atoms with Crippen LogP contribution in [0.25, 0.3) is 0 Å². The molecule has 0 bridgehead atoms. The monoisotopic (exact) mass is 284 g/mol. The second kappa shape index (κ2) is 6.06. The average molecular weight is 284 g/mol. The molecule has 0 unspecified atom stereocenters. The minimum absolute atomic E-state index is 0.357. The van der Waals surface area contributed by atoms with E-state index < -0.39 is 0 Å². The molecule has 0 aliphatic carbocycles. The quantitative estimate of drug-likeness (QED) is 0.866. The molecule has 0 N–H and O–H groups in total. The first-order chi connectivity index (χ1) is 10.3. The van der Waals surface area contributed by atoms with Gasteiger partial charge in [-0.1, -0.05) is 6.07 Å². The third kappa shape index (κ3) is 3.11. The van der Waals surface area contributed by atoms with Crippen LogP contribution in [0.2, 0.25) is 0 Å². The van der Waals surface area contributed by atoms with Crippen molar-refractivity contribution in [1.29, 1.82) is 5.26 Å². The van der Waals surface area contributed by atoms with Gasteiger partial charge in [0.05, 0.1) is 18.2 Å². The van der Waals surface area contributed by atoms with E-state index in [1.165, 1.54) is 12.1 Å². The van der Waals surface area contributed by atoms with E-state index in [4.69, 9.17) is 5.26 Å². The van der Waals surface area contributed by atoms with Gasteiger partial charge < -0.3 is 0 Å². The molecule has 0 spiro atoms. The molecule has 0 radical (unpaired) electrons. The largest absolute Gasteiger partial charge is 0.294 e. The summed E-state index contributed by atoms with van der Waals surface area (Å²) in [6.45, 7) is 2.55. The predicted molar refractivity (Wildman–Crippen MR) is 76.8 cm³/mol. The molecule has 5 heteroatoms. The van der Waals surface area contributed by atoms with E-state index in [0.29, 0.717) is 18.2 Å². The molecule has 1 aromatic carbocycles. The van der Waals surface area contributed by atoms with Crippen molar-refractivity contribution in [1.82, 2.24) is 14.7 Å². The number of aromatic nitrogens is 2. The lowest BCUT2D eigenvalue weighted by molar-refractivity contribution is 0.219. The van der Waals surface area contributed by atoms with Crippen molar-refractivity contribution >= 4 is 0 Å². The Balaban J connectivity index is 1.73. The van der Waals surface area contributed by atoms with Crippen LogP contribution in [0.3, 0.4) is 0 Å². The van der Waals surface area contributed by atoms with Crippen LogP contribution in [-0.4, -0.2) is 27.3 Å². The Morgan fingerprint density at radius 1 is 1.43 bits per heavy atom. The maximum Gasteiger partial charge on any atom is 0.124 e. The van der Waals surface area contributed by atoms with Crippen molar-refractivity contribution in [2.45, 2.75) is 32.0 Å². The van der Waals surface area contributed by atoms with Gasteiger partial charge in [0.15, 0.2) is 0 Å². The Hall–Kier alpha value is -2.19. The number of hydrogen-bond donors (Lipinski definition) is 0. The zero-order valence-electron chi connectivity index (χ0n) is 11.7. The van der Waals surface area contributed by atoms with Crippen molar-refractivity contribution in [3.63, 3.8) is 0 Å². The summed E-state index contributed by atoms with van der Waals surface area (Å²) in [6, 6.07) is 8.89. The number of likely N-dealkylation sites (tertiary alicyclic amines) is 1. The molecule has 1 saturated heterocycles. The molecule has 1 aromatic heterocycles. The number of hydrogen-bond acceptors (Lipinski definition) is 3. The van der Waals surface area contributed by atoms with Crippen LogP contribution >= 0.6 is 0 Å². The first-order valence-corrected chi connectivity index (χ1v) is 7.16. The predicted octanol–water partition coefficient (Wildman–Crippen LogP) is 2.56. The van der Waals surface area contributed by atoms with Gasteiger partial charge in [-0.15, -0.1) is 0 Å². The van der Waals surface area contributed by atoms with Crippen LogP contribution in [0.5, 0.6) is 0 Å². The highest BCUT2D eigenvalue weighted by molar-refractivity contribution is 5.37. The Kier molecular flexibility index (Phi) is 3.98. The van der Waals surface area contributed by atoms with Crippen molar-refractivity contribution in [3.05, 3.63) is 53.6 Å². The molecule has 1 aliphatic rings. The Morgan fingerprint density at radius 3 is 3.10 bits per heavy atom. The van der Waals surface area contributed by atoms with Gasteiger partial charge in [0.2, 0.25) is 0 Å². The molecule has 4 nitrogen and oxygen atoms in total. The molecule has 0 saturated carbocycles.